The number of ketones is 1. The van der Waals surface area contributed by atoms with E-state index in [9.17, 15) is 4.79 Å². The van der Waals surface area contributed by atoms with Gasteiger partial charge in [0.25, 0.3) is 0 Å². The molecule has 20 heavy (non-hydrogen) atoms. The van der Waals surface area contributed by atoms with Gasteiger partial charge in [0.2, 0.25) is 0 Å². The summed E-state index contributed by atoms with van der Waals surface area (Å²) in [5, 5.41) is 0. The summed E-state index contributed by atoms with van der Waals surface area (Å²) < 4.78 is 11.2. The summed E-state index contributed by atoms with van der Waals surface area (Å²) >= 11 is 0. The van der Waals surface area contributed by atoms with Crippen LogP contribution < -0.4 is 4.74 Å². The van der Waals surface area contributed by atoms with Gasteiger partial charge < -0.3 is 9.15 Å². The first kappa shape index (κ1) is 13.0. The summed E-state index contributed by atoms with van der Waals surface area (Å²) in [6.45, 7) is 7.69. The molecule has 3 rings (SSSR count). The normalized spacial score (nSPS) is 16.9. The highest BCUT2D eigenvalue weighted by atomic mass is 16.5. The second-order valence-corrected chi connectivity index (χ2v) is 5.50. The lowest BCUT2D eigenvalue weighted by Crippen LogP contribution is -2.05. The Bertz CT molecular complexity index is 695. The molecule has 3 heteroatoms. The summed E-state index contributed by atoms with van der Waals surface area (Å²) in [5.74, 6) is 2.42. The Morgan fingerprint density at radius 3 is 2.60 bits per heavy atom. The molecule has 2 aromatic rings. The molecule has 104 valence electrons. The van der Waals surface area contributed by atoms with E-state index in [2.05, 4.69) is 0 Å². The maximum Gasteiger partial charge on any atom is 0.196 e. The molecule has 0 aliphatic carbocycles. The van der Waals surface area contributed by atoms with Gasteiger partial charge in [0.15, 0.2) is 5.78 Å². The molecule has 0 radical (unpaired) electrons. The highest BCUT2D eigenvalue weighted by Crippen LogP contribution is 2.31. The van der Waals surface area contributed by atoms with Gasteiger partial charge in [-0.1, -0.05) is 0 Å². The lowest BCUT2D eigenvalue weighted by Gasteiger charge is -2.04. The fourth-order valence-corrected chi connectivity index (χ4v) is 2.84. The number of hydrogen-bond acceptors (Lipinski definition) is 3. The van der Waals surface area contributed by atoms with Crippen molar-refractivity contribution in [1.82, 2.24) is 0 Å². The Balaban J connectivity index is 2.02. The van der Waals surface area contributed by atoms with E-state index in [0.717, 1.165) is 29.1 Å². The average molecular weight is 270 g/mol. The van der Waals surface area contributed by atoms with Gasteiger partial charge in [-0.05, 0) is 51.5 Å². The number of aryl methyl sites for hydroxylation is 2. The van der Waals surface area contributed by atoms with E-state index in [1.807, 2.05) is 45.9 Å². The highest BCUT2D eigenvalue weighted by Gasteiger charge is 2.23. The molecule has 0 fully saturated rings. The highest BCUT2D eigenvalue weighted by molar-refractivity contribution is 6.10. The lowest BCUT2D eigenvalue weighted by atomic mass is 9.97. The van der Waals surface area contributed by atoms with E-state index in [4.69, 9.17) is 9.15 Å². The molecule has 0 N–H and O–H groups in total. The van der Waals surface area contributed by atoms with Crippen LogP contribution in [0.25, 0.3) is 0 Å². The van der Waals surface area contributed by atoms with Crippen molar-refractivity contribution >= 4 is 5.78 Å². The van der Waals surface area contributed by atoms with Crippen LogP contribution in [0.15, 0.2) is 22.6 Å². The van der Waals surface area contributed by atoms with Crippen LogP contribution in [0, 0.1) is 20.8 Å². The molecular weight excluding hydrogens is 252 g/mol. The largest absolute Gasteiger partial charge is 0.490 e. The standard InChI is InChI=1S/C17H18O3/c1-9-7-14-8-13(5-6-15(14)19-9)17(18)16-10(2)11(3)20-12(16)4/h5-6,8-9H,7H2,1-4H3. The van der Waals surface area contributed by atoms with Gasteiger partial charge in [0.05, 0.1) is 5.56 Å². The summed E-state index contributed by atoms with van der Waals surface area (Å²) in [4.78, 5) is 12.7. The van der Waals surface area contributed by atoms with E-state index in [1.165, 1.54) is 0 Å². The van der Waals surface area contributed by atoms with Gasteiger partial charge in [0.1, 0.15) is 23.4 Å². The van der Waals surface area contributed by atoms with Crippen molar-refractivity contribution in [3.8, 4) is 5.75 Å². The van der Waals surface area contributed by atoms with Crippen LogP contribution in [-0.2, 0) is 6.42 Å². The number of rotatable bonds is 2. The Hall–Kier alpha value is -2.03. The SMILES string of the molecule is Cc1oc(C)c(C(=O)c2ccc3c(c2)CC(C)O3)c1C. The third kappa shape index (κ3) is 1.94. The van der Waals surface area contributed by atoms with Crippen molar-refractivity contribution in [3.05, 3.63) is 52.0 Å². The van der Waals surface area contributed by atoms with Crippen molar-refractivity contribution in [2.75, 3.05) is 0 Å². The molecule has 1 aliphatic heterocycles. The molecule has 1 aromatic heterocycles. The lowest BCUT2D eigenvalue weighted by molar-refractivity contribution is 0.103. The minimum absolute atomic E-state index is 0.0270. The molecule has 0 saturated heterocycles. The minimum atomic E-state index is 0.0270. The number of hydrogen-bond donors (Lipinski definition) is 0. The van der Waals surface area contributed by atoms with Gasteiger partial charge in [-0.25, -0.2) is 0 Å². The number of benzene rings is 1. The van der Waals surface area contributed by atoms with Crippen molar-refractivity contribution in [2.45, 2.75) is 40.2 Å². The smallest absolute Gasteiger partial charge is 0.196 e. The molecule has 0 spiro atoms. The first-order valence-corrected chi connectivity index (χ1v) is 6.88. The number of fused-ring (bicyclic) bond motifs is 1. The molecule has 2 heterocycles. The molecule has 3 nitrogen and oxygen atoms in total. The summed E-state index contributed by atoms with van der Waals surface area (Å²) in [6.07, 6.45) is 1.05. The van der Waals surface area contributed by atoms with Crippen molar-refractivity contribution in [3.63, 3.8) is 0 Å². The van der Waals surface area contributed by atoms with Gasteiger partial charge >= 0.3 is 0 Å². The summed E-state index contributed by atoms with van der Waals surface area (Å²) in [7, 11) is 0. The third-order valence-corrected chi connectivity index (χ3v) is 3.95. The number of ether oxygens (including phenoxy) is 1. The van der Waals surface area contributed by atoms with Crippen LogP contribution in [0.1, 0.15) is 45.5 Å². The van der Waals surface area contributed by atoms with Crippen molar-refractivity contribution in [2.24, 2.45) is 0 Å². The van der Waals surface area contributed by atoms with Crippen molar-refractivity contribution in [1.29, 1.82) is 0 Å². The second-order valence-electron chi connectivity index (χ2n) is 5.50. The summed E-state index contributed by atoms with van der Waals surface area (Å²) in [5.41, 5.74) is 3.43. The minimum Gasteiger partial charge on any atom is -0.490 e. The monoisotopic (exact) mass is 270 g/mol. The first-order valence-electron chi connectivity index (χ1n) is 6.88. The molecule has 1 atom stereocenters. The Morgan fingerprint density at radius 1 is 1.20 bits per heavy atom. The van der Waals surface area contributed by atoms with Crippen LogP contribution in [-0.4, -0.2) is 11.9 Å². The van der Waals surface area contributed by atoms with E-state index in [-0.39, 0.29) is 11.9 Å². The predicted octanol–water partition coefficient (Wildman–Crippen LogP) is 3.76. The number of furan rings is 1. The van der Waals surface area contributed by atoms with E-state index >= 15 is 0 Å². The zero-order valence-corrected chi connectivity index (χ0v) is 12.2. The maximum absolute atomic E-state index is 12.7. The second kappa shape index (κ2) is 4.51. The van der Waals surface area contributed by atoms with Crippen LogP contribution in [0.5, 0.6) is 5.75 Å². The fourth-order valence-electron chi connectivity index (χ4n) is 2.84. The van der Waals surface area contributed by atoms with Crippen LogP contribution >= 0.6 is 0 Å². The van der Waals surface area contributed by atoms with Crippen LogP contribution in [0.4, 0.5) is 0 Å². The van der Waals surface area contributed by atoms with E-state index in [1.54, 1.807) is 0 Å². The van der Waals surface area contributed by atoms with Gasteiger partial charge in [-0.3, -0.25) is 4.79 Å². The molecule has 1 aliphatic rings. The molecule has 0 bridgehead atoms. The van der Waals surface area contributed by atoms with Crippen LogP contribution in [0.2, 0.25) is 0 Å². The van der Waals surface area contributed by atoms with Gasteiger partial charge in [-0.15, -0.1) is 0 Å². The predicted molar refractivity (Wildman–Crippen MR) is 76.6 cm³/mol. The fraction of sp³-hybridized carbons (Fsp3) is 0.353. The first-order chi connectivity index (χ1) is 9.47. The number of carbonyl (C=O) groups excluding carboxylic acids is 1. The zero-order valence-electron chi connectivity index (χ0n) is 12.2. The summed E-state index contributed by atoms with van der Waals surface area (Å²) in [6, 6.07) is 5.67. The molecular formula is C17H18O3. The van der Waals surface area contributed by atoms with E-state index in [0.29, 0.717) is 16.9 Å². The van der Waals surface area contributed by atoms with Crippen molar-refractivity contribution < 1.29 is 13.9 Å². The molecule has 0 saturated carbocycles. The van der Waals surface area contributed by atoms with E-state index < -0.39 is 0 Å². The maximum atomic E-state index is 12.7. The Kier molecular flexibility index (Phi) is 2.93. The molecule has 1 aromatic carbocycles. The van der Waals surface area contributed by atoms with Gasteiger partial charge in [-0.2, -0.15) is 0 Å². The van der Waals surface area contributed by atoms with Crippen LogP contribution in [0.3, 0.4) is 0 Å². The van der Waals surface area contributed by atoms with Gasteiger partial charge in [0, 0.05) is 17.5 Å². The molecule has 1 unspecified atom stereocenters. The third-order valence-electron chi connectivity index (χ3n) is 3.95. The zero-order chi connectivity index (χ0) is 14.4. The number of carbonyl (C=O) groups is 1. The average Bonchev–Trinajstić information content (AvgIpc) is 2.87. The Morgan fingerprint density at radius 2 is 1.95 bits per heavy atom. The quantitative estimate of drug-likeness (QED) is 0.780. The topological polar surface area (TPSA) is 39.4 Å². The molecule has 0 amide bonds. The Labute approximate surface area is 118 Å².